The molecule has 0 spiro atoms. The zero-order valence-corrected chi connectivity index (χ0v) is 13.8. The Balaban J connectivity index is 1.70. The predicted octanol–water partition coefficient (Wildman–Crippen LogP) is 3.43. The fraction of sp³-hybridized carbons (Fsp3) is 0.300. The van der Waals surface area contributed by atoms with Crippen LogP contribution in [0.1, 0.15) is 33.6 Å². The summed E-state index contributed by atoms with van der Waals surface area (Å²) in [5, 5.41) is 0. The molecule has 1 aliphatic rings. The first kappa shape index (κ1) is 16.2. The summed E-state index contributed by atoms with van der Waals surface area (Å²) < 4.78 is 5.13. The normalized spacial score (nSPS) is 17.4. The van der Waals surface area contributed by atoms with E-state index in [1.807, 2.05) is 30.3 Å². The number of carbonyl (C=O) groups excluding carboxylic acids is 2. The zero-order valence-electron chi connectivity index (χ0n) is 13.8. The van der Waals surface area contributed by atoms with Gasteiger partial charge in [0.05, 0.1) is 7.11 Å². The topological polar surface area (TPSA) is 46.6 Å². The first-order valence-electron chi connectivity index (χ1n) is 8.21. The third-order valence-electron chi connectivity index (χ3n) is 4.47. The Hall–Kier alpha value is -2.62. The summed E-state index contributed by atoms with van der Waals surface area (Å²) in [7, 11) is 1.60. The van der Waals surface area contributed by atoms with E-state index in [9.17, 15) is 9.59 Å². The third-order valence-corrected chi connectivity index (χ3v) is 4.47. The minimum absolute atomic E-state index is 0.00262. The highest BCUT2D eigenvalue weighted by atomic mass is 16.5. The van der Waals surface area contributed by atoms with E-state index in [4.69, 9.17) is 4.74 Å². The van der Waals surface area contributed by atoms with Gasteiger partial charge < -0.3 is 9.64 Å². The number of rotatable bonds is 4. The van der Waals surface area contributed by atoms with Gasteiger partial charge in [-0.15, -0.1) is 0 Å². The number of nitrogens with zero attached hydrogens (tertiary/aromatic N) is 1. The van der Waals surface area contributed by atoms with Crippen molar-refractivity contribution < 1.29 is 14.3 Å². The number of Topliss-reactive ketones (excluding diaryl/α,β-unsaturated/α-hetero) is 1. The molecule has 2 aromatic rings. The van der Waals surface area contributed by atoms with Crippen molar-refractivity contribution in [2.24, 2.45) is 5.92 Å². The number of carbonyl (C=O) groups is 2. The van der Waals surface area contributed by atoms with Crippen LogP contribution >= 0.6 is 0 Å². The predicted molar refractivity (Wildman–Crippen MR) is 92.4 cm³/mol. The lowest BCUT2D eigenvalue weighted by molar-refractivity contribution is 0.0637. The Morgan fingerprint density at radius 3 is 2.38 bits per heavy atom. The highest BCUT2D eigenvalue weighted by molar-refractivity contribution is 5.99. The molecule has 3 rings (SSSR count). The maximum Gasteiger partial charge on any atom is 0.253 e. The molecule has 1 heterocycles. The van der Waals surface area contributed by atoms with Gasteiger partial charge in [0.15, 0.2) is 5.78 Å². The molecule has 4 nitrogen and oxygen atoms in total. The quantitative estimate of drug-likeness (QED) is 0.810. The number of ether oxygens (including phenoxy) is 1. The number of piperidine rings is 1. The number of ketones is 1. The average molecular weight is 323 g/mol. The average Bonchev–Trinajstić information content (AvgIpc) is 2.67. The molecule has 1 atom stereocenters. The molecular formula is C20H21NO3. The Morgan fingerprint density at radius 2 is 1.71 bits per heavy atom. The summed E-state index contributed by atoms with van der Waals surface area (Å²) in [6.45, 7) is 1.19. The fourth-order valence-corrected chi connectivity index (χ4v) is 3.13. The lowest BCUT2D eigenvalue weighted by Crippen LogP contribution is -2.42. The van der Waals surface area contributed by atoms with Crippen molar-refractivity contribution in [3.8, 4) is 5.75 Å². The van der Waals surface area contributed by atoms with Crippen LogP contribution in [0.2, 0.25) is 0 Å². The molecular weight excluding hydrogens is 302 g/mol. The molecule has 24 heavy (non-hydrogen) atoms. The van der Waals surface area contributed by atoms with E-state index >= 15 is 0 Å². The lowest BCUT2D eigenvalue weighted by Gasteiger charge is -2.32. The van der Waals surface area contributed by atoms with Crippen molar-refractivity contribution >= 4 is 11.7 Å². The van der Waals surface area contributed by atoms with Crippen LogP contribution in [0.25, 0.3) is 0 Å². The van der Waals surface area contributed by atoms with Crippen LogP contribution in [0.15, 0.2) is 54.6 Å². The summed E-state index contributed by atoms with van der Waals surface area (Å²) in [6, 6.07) is 16.4. The Bertz CT molecular complexity index is 709. The van der Waals surface area contributed by atoms with Crippen LogP contribution in [0.5, 0.6) is 5.75 Å². The molecule has 1 aliphatic heterocycles. The maximum absolute atomic E-state index is 12.7. The molecule has 1 fully saturated rings. The molecule has 0 aromatic heterocycles. The lowest BCUT2D eigenvalue weighted by atomic mass is 9.89. The molecule has 0 aliphatic carbocycles. The van der Waals surface area contributed by atoms with Gasteiger partial charge in [-0.25, -0.2) is 0 Å². The van der Waals surface area contributed by atoms with Crippen molar-refractivity contribution in [2.45, 2.75) is 12.8 Å². The van der Waals surface area contributed by atoms with E-state index in [1.165, 1.54) is 0 Å². The van der Waals surface area contributed by atoms with Crippen molar-refractivity contribution in [3.63, 3.8) is 0 Å². The van der Waals surface area contributed by atoms with Crippen molar-refractivity contribution in [1.29, 1.82) is 0 Å². The van der Waals surface area contributed by atoms with Gasteiger partial charge >= 0.3 is 0 Å². The molecule has 124 valence electrons. The smallest absolute Gasteiger partial charge is 0.253 e. The van der Waals surface area contributed by atoms with Gasteiger partial charge in [0.1, 0.15) is 5.75 Å². The molecule has 0 radical (unpaired) electrons. The van der Waals surface area contributed by atoms with Gasteiger partial charge in [0.2, 0.25) is 0 Å². The third kappa shape index (κ3) is 3.48. The SMILES string of the molecule is COc1ccc(C(=O)C2CCCN(C(=O)c3ccccc3)C2)cc1. The number of likely N-dealkylation sites (tertiary alicyclic amines) is 1. The van der Waals surface area contributed by atoms with Crippen LogP contribution in [0.3, 0.4) is 0 Å². The minimum Gasteiger partial charge on any atom is -0.497 e. The van der Waals surface area contributed by atoms with Crippen molar-refractivity contribution in [2.75, 3.05) is 20.2 Å². The van der Waals surface area contributed by atoms with Gasteiger partial charge in [-0.05, 0) is 49.2 Å². The van der Waals surface area contributed by atoms with Gasteiger partial charge in [-0.1, -0.05) is 18.2 Å². The minimum atomic E-state index is -0.139. The Morgan fingerprint density at radius 1 is 1.00 bits per heavy atom. The van der Waals surface area contributed by atoms with Crippen LogP contribution < -0.4 is 4.74 Å². The van der Waals surface area contributed by atoms with Gasteiger partial charge in [-0.2, -0.15) is 0 Å². The van der Waals surface area contributed by atoms with Crippen LogP contribution in [0, 0.1) is 5.92 Å². The Labute approximate surface area is 142 Å². The standard InChI is InChI=1S/C20H21NO3/c1-24-18-11-9-15(10-12-18)19(22)17-8-5-13-21(14-17)20(23)16-6-3-2-4-7-16/h2-4,6-7,9-12,17H,5,8,13-14H2,1H3. The molecule has 0 saturated carbocycles. The fourth-order valence-electron chi connectivity index (χ4n) is 3.13. The summed E-state index contributed by atoms with van der Waals surface area (Å²) in [4.78, 5) is 27.1. The van der Waals surface area contributed by atoms with E-state index in [1.54, 1.807) is 36.3 Å². The second kappa shape index (κ2) is 7.30. The molecule has 4 heteroatoms. The van der Waals surface area contributed by atoms with Gasteiger partial charge in [0.25, 0.3) is 5.91 Å². The van der Waals surface area contributed by atoms with Crippen LogP contribution in [-0.4, -0.2) is 36.8 Å². The maximum atomic E-state index is 12.7. The summed E-state index contributed by atoms with van der Waals surface area (Å²) >= 11 is 0. The second-order valence-corrected chi connectivity index (χ2v) is 6.05. The second-order valence-electron chi connectivity index (χ2n) is 6.05. The van der Waals surface area contributed by atoms with E-state index in [2.05, 4.69) is 0 Å². The number of amides is 1. The highest BCUT2D eigenvalue weighted by Gasteiger charge is 2.29. The largest absolute Gasteiger partial charge is 0.497 e. The molecule has 1 amide bonds. The number of benzene rings is 2. The van der Waals surface area contributed by atoms with Gasteiger partial charge in [-0.3, -0.25) is 9.59 Å². The molecule has 1 saturated heterocycles. The first-order chi connectivity index (χ1) is 11.7. The number of hydrogen-bond donors (Lipinski definition) is 0. The number of methoxy groups -OCH3 is 1. The van der Waals surface area contributed by atoms with Crippen molar-refractivity contribution in [3.05, 3.63) is 65.7 Å². The molecule has 0 bridgehead atoms. The molecule has 1 unspecified atom stereocenters. The zero-order chi connectivity index (χ0) is 16.9. The number of hydrogen-bond acceptors (Lipinski definition) is 3. The summed E-state index contributed by atoms with van der Waals surface area (Å²) in [6.07, 6.45) is 1.68. The van der Waals surface area contributed by atoms with E-state index in [0.717, 1.165) is 18.6 Å². The summed E-state index contributed by atoms with van der Waals surface area (Å²) in [5.41, 5.74) is 1.35. The van der Waals surface area contributed by atoms with Crippen LogP contribution in [-0.2, 0) is 0 Å². The monoisotopic (exact) mass is 323 g/mol. The van der Waals surface area contributed by atoms with Gasteiger partial charge in [0, 0.05) is 30.1 Å². The molecule has 0 N–H and O–H groups in total. The molecule has 2 aromatic carbocycles. The first-order valence-corrected chi connectivity index (χ1v) is 8.21. The van der Waals surface area contributed by atoms with E-state index in [-0.39, 0.29) is 17.6 Å². The van der Waals surface area contributed by atoms with E-state index in [0.29, 0.717) is 24.2 Å². The Kier molecular flexibility index (Phi) is 4.94. The van der Waals surface area contributed by atoms with Crippen LogP contribution in [0.4, 0.5) is 0 Å². The van der Waals surface area contributed by atoms with E-state index < -0.39 is 0 Å². The summed E-state index contributed by atoms with van der Waals surface area (Å²) in [5.74, 6) is 0.696. The van der Waals surface area contributed by atoms with Crippen molar-refractivity contribution in [1.82, 2.24) is 4.90 Å². The highest BCUT2D eigenvalue weighted by Crippen LogP contribution is 2.23.